The molecule has 0 fully saturated rings. The monoisotopic (exact) mass is 1040 g/mol. The SMILES string of the molecule is [Cd+2].[Cd+2].[Cd+2].[SbH6-3].[SbH6-3].[SbH6-3].[SbH6-3].[Zn+2].[Zn+2].[Zn+2]. The third-order valence-electron chi connectivity index (χ3n) is 0. The zero-order valence-electron chi connectivity index (χ0n) is 4.24. The van der Waals surface area contributed by atoms with Crippen molar-refractivity contribution in [1.82, 2.24) is 0 Å². The van der Waals surface area contributed by atoms with Crippen LogP contribution in [0.3, 0.4) is 0 Å². The molecule has 0 rings (SSSR count). The maximum atomic E-state index is 0. The van der Waals surface area contributed by atoms with E-state index in [-0.39, 0.29) is 238 Å². The first-order chi connectivity index (χ1) is 0. The van der Waals surface area contributed by atoms with Gasteiger partial charge >= 0.3 is 238 Å². The van der Waals surface area contributed by atoms with Gasteiger partial charge in [0.25, 0.3) is 0 Å². The van der Waals surface area contributed by atoms with E-state index in [4.69, 9.17) is 0 Å². The summed E-state index contributed by atoms with van der Waals surface area (Å²) < 4.78 is 0. The second-order valence-electron chi connectivity index (χ2n) is 0. The van der Waals surface area contributed by atoms with Gasteiger partial charge in [-0.25, -0.2) is 0 Å². The molecule has 0 amide bonds. The maximum absolute atomic E-state index is 0. The Kier molecular flexibility index (Phi) is 560. The van der Waals surface area contributed by atoms with Gasteiger partial charge in [0.1, 0.15) is 0 Å². The van der Waals surface area contributed by atoms with Crippen LogP contribution >= 0.6 is 0 Å². The molecule has 0 aliphatic carbocycles. The molecule has 0 aromatic rings. The molecular weight excluding hydrogens is 1020 g/mol. The maximum Gasteiger partial charge on any atom is 2.00 e. The Hall–Kier alpha value is 7.91. The average Bonchev–Trinajstić information content (AvgIpc) is 0. The quantitative estimate of drug-likeness (QED) is 0.212. The molecular formula is H24Cd3Sb4Zn3. The van der Waals surface area contributed by atoms with Crippen molar-refractivity contribution in [2.45, 2.75) is 0 Å². The summed E-state index contributed by atoms with van der Waals surface area (Å²) >= 11 is 0. The summed E-state index contributed by atoms with van der Waals surface area (Å²) in [6.07, 6.45) is 0. The molecule has 0 aliphatic heterocycles. The summed E-state index contributed by atoms with van der Waals surface area (Å²) in [5, 5.41) is 0. The van der Waals surface area contributed by atoms with Gasteiger partial charge in [0, 0.05) is 0 Å². The van der Waals surface area contributed by atoms with Crippen molar-refractivity contribution in [2.75, 3.05) is 0 Å². The molecule has 0 aromatic heterocycles. The minimum atomic E-state index is 0. The van der Waals surface area contributed by atoms with Crippen LogP contribution in [-0.4, -0.2) is 97.7 Å². The minimum absolute atomic E-state index is 0. The van der Waals surface area contributed by atoms with Crippen molar-refractivity contribution in [1.29, 1.82) is 0 Å². The van der Waals surface area contributed by atoms with Crippen molar-refractivity contribution in [3.05, 3.63) is 0 Å². The molecule has 0 unspecified atom stereocenters. The second-order valence-corrected chi connectivity index (χ2v) is 0. The van der Waals surface area contributed by atoms with Gasteiger partial charge in [-0.3, -0.25) is 0 Å². The summed E-state index contributed by atoms with van der Waals surface area (Å²) in [6, 6.07) is 0. The predicted molar refractivity (Wildman–Crippen MR) is 56.5 cm³/mol. The summed E-state index contributed by atoms with van der Waals surface area (Å²) in [5.41, 5.74) is 0. The third kappa shape index (κ3) is 56.5. The third-order valence-corrected chi connectivity index (χ3v) is 0. The van der Waals surface area contributed by atoms with E-state index >= 15 is 0 Å². The zero-order chi connectivity index (χ0) is 0. The Bertz CT molecular complexity index is 15.7. The number of rotatable bonds is 0. The average molecular weight is 1040 g/mol. The van der Waals surface area contributed by atoms with Crippen molar-refractivity contribution in [2.24, 2.45) is 0 Å². The zero-order valence-corrected chi connectivity index (χ0v) is 25.3. The summed E-state index contributed by atoms with van der Waals surface area (Å²) in [4.78, 5) is 0. The molecule has 56 valence electrons. The molecule has 0 atom stereocenters. The van der Waals surface area contributed by atoms with E-state index in [1.165, 1.54) is 0 Å². The Morgan fingerprint density at radius 3 is 0.300 bits per heavy atom. The van der Waals surface area contributed by atoms with Crippen LogP contribution in [0.4, 0.5) is 0 Å². The summed E-state index contributed by atoms with van der Waals surface area (Å²) in [5.74, 6) is 0. The standard InChI is InChI=1S/3Cd.4Sb.3Zn.24H/q3*+2;4*-3;3*+2;;;;;;;;;;;;;;;;;;;;;;;;. The molecule has 0 radical (unpaired) electrons. The Morgan fingerprint density at radius 2 is 0.300 bits per heavy atom. The Morgan fingerprint density at radius 1 is 0.300 bits per heavy atom. The first kappa shape index (κ1) is 81.9. The first-order valence-corrected chi connectivity index (χ1v) is 0. The van der Waals surface area contributed by atoms with E-state index in [0.717, 1.165) is 0 Å². The van der Waals surface area contributed by atoms with Crippen LogP contribution in [0.5, 0.6) is 0 Å². The molecule has 0 saturated carbocycles. The number of hydrogen-bond acceptors (Lipinski definition) is 0. The molecule has 10 heteroatoms. The van der Waals surface area contributed by atoms with E-state index in [9.17, 15) is 0 Å². The van der Waals surface area contributed by atoms with E-state index in [1.807, 2.05) is 0 Å². The fourth-order valence-corrected chi connectivity index (χ4v) is 0. The van der Waals surface area contributed by atoms with Gasteiger partial charge in [0.2, 0.25) is 0 Å². The van der Waals surface area contributed by atoms with Crippen molar-refractivity contribution in [3.8, 4) is 0 Å². The van der Waals surface area contributed by atoms with Gasteiger partial charge in [-0.05, 0) is 0 Å². The van der Waals surface area contributed by atoms with Crippen LogP contribution in [0.1, 0.15) is 0 Å². The largest absolute Gasteiger partial charge is 2.00 e. The van der Waals surface area contributed by atoms with Gasteiger partial charge in [-0.15, -0.1) is 0 Å². The molecule has 0 saturated heterocycles. The molecule has 0 aromatic carbocycles. The van der Waals surface area contributed by atoms with Gasteiger partial charge < -0.3 is 0 Å². The van der Waals surface area contributed by atoms with E-state index in [2.05, 4.69) is 0 Å². The number of hydrogen-bond donors (Lipinski definition) is 0. The molecule has 0 nitrogen and oxygen atoms in total. The molecule has 10 heavy (non-hydrogen) atoms. The predicted octanol–water partition coefficient (Wildman–Crippen LogP) is -7.96. The van der Waals surface area contributed by atoms with E-state index < -0.39 is 0 Å². The van der Waals surface area contributed by atoms with Crippen LogP contribution in [-0.2, 0) is 140 Å². The summed E-state index contributed by atoms with van der Waals surface area (Å²) in [6.45, 7) is 0. The van der Waals surface area contributed by atoms with Crippen molar-refractivity contribution < 1.29 is 140 Å². The van der Waals surface area contributed by atoms with Crippen LogP contribution in [0.25, 0.3) is 0 Å². The minimum Gasteiger partial charge on any atom is 2.00 e. The van der Waals surface area contributed by atoms with E-state index in [1.54, 1.807) is 0 Å². The van der Waals surface area contributed by atoms with Crippen LogP contribution in [0.15, 0.2) is 0 Å². The summed E-state index contributed by atoms with van der Waals surface area (Å²) in [7, 11) is 0. The Labute approximate surface area is 231 Å². The fourth-order valence-electron chi connectivity index (χ4n) is 0. The van der Waals surface area contributed by atoms with Gasteiger partial charge in [0.15, 0.2) is 0 Å². The van der Waals surface area contributed by atoms with Gasteiger partial charge in [-0.2, -0.15) is 0 Å². The van der Waals surface area contributed by atoms with E-state index in [0.29, 0.717) is 0 Å². The molecule has 0 aliphatic rings. The fraction of sp³-hybridized carbons (Fsp3) is 0. The smallest absolute Gasteiger partial charge is 2.00 e. The molecule has 0 heterocycles. The molecule has 0 spiro atoms. The Balaban J connectivity index is 0. The van der Waals surface area contributed by atoms with Crippen molar-refractivity contribution >= 4 is 97.7 Å². The molecule has 0 bridgehead atoms. The molecule has 0 N–H and O–H groups in total. The van der Waals surface area contributed by atoms with Gasteiger partial charge in [-0.1, -0.05) is 0 Å². The van der Waals surface area contributed by atoms with Gasteiger partial charge in [0.05, 0.1) is 0 Å². The van der Waals surface area contributed by atoms with Crippen LogP contribution in [0, 0.1) is 0 Å². The second kappa shape index (κ2) is 68.4. The first-order valence-electron chi connectivity index (χ1n) is 0. The van der Waals surface area contributed by atoms with Crippen LogP contribution in [0.2, 0.25) is 0 Å². The van der Waals surface area contributed by atoms with Crippen LogP contribution < -0.4 is 0 Å². The normalized spacial score (nSPS) is 0. The van der Waals surface area contributed by atoms with Crippen molar-refractivity contribution in [3.63, 3.8) is 0 Å². The topological polar surface area (TPSA) is 0 Å².